The van der Waals surface area contributed by atoms with Gasteiger partial charge in [0.2, 0.25) is 23.6 Å². The summed E-state index contributed by atoms with van der Waals surface area (Å²) >= 11 is 0. The number of halogens is 1. The van der Waals surface area contributed by atoms with E-state index in [9.17, 15) is 23.6 Å². The zero-order chi connectivity index (χ0) is 31.9. The molecule has 2 heterocycles. The standard InChI is InChI=1S/C36H41FN4O4/c1-3-24(2)34(43)38-30-23-40(32(42)22-25-14-16-28(37)17-15-25)21-20-29-18-19-31(41(29)36(30)45)35(44)39-33(26-10-6-4-7-11-26)27-12-8-5-9-13-27/h4-17,24,29-31,33H,3,18-23H2,1-2H3,(H,38,43)(H,39,44)/t24-,29-,30+,31+/m1/s1. The molecule has 0 bridgehead atoms. The number of nitrogens with zero attached hydrogens (tertiary/aromatic N) is 2. The molecule has 4 atom stereocenters. The lowest BCUT2D eigenvalue weighted by molar-refractivity contribution is -0.147. The number of fused-ring (bicyclic) bond motifs is 1. The van der Waals surface area contributed by atoms with E-state index in [2.05, 4.69) is 10.6 Å². The van der Waals surface area contributed by atoms with Crippen molar-refractivity contribution in [2.75, 3.05) is 13.1 Å². The van der Waals surface area contributed by atoms with Crippen molar-refractivity contribution >= 4 is 23.6 Å². The van der Waals surface area contributed by atoms with Gasteiger partial charge in [0.1, 0.15) is 17.9 Å². The van der Waals surface area contributed by atoms with E-state index < -0.39 is 18.1 Å². The number of hydrogen-bond acceptors (Lipinski definition) is 4. The molecule has 0 radical (unpaired) electrons. The molecule has 0 aromatic heterocycles. The van der Waals surface area contributed by atoms with Crippen LogP contribution in [0.1, 0.15) is 62.3 Å². The Bertz CT molecular complexity index is 1440. The van der Waals surface area contributed by atoms with Crippen molar-refractivity contribution < 1.29 is 23.6 Å². The molecule has 9 heteroatoms. The number of rotatable bonds is 9. The minimum absolute atomic E-state index is 0.00471. The smallest absolute Gasteiger partial charge is 0.247 e. The van der Waals surface area contributed by atoms with Gasteiger partial charge in [-0.05, 0) is 54.5 Å². The second-order valence-electron chi connectivity index (χ2n) is 12.1. The van der Waals surface area contributed by atoms with Crippen LogP contribution in [0.5, 0.6) is 0 Å². The van der Waals surface area contributed by atoms with Crippen LogP contribution in [0.2, 0.25) is 0 Å². The molecule has 236 valence electrons. The number of carbonyl (C=O) groups is 4. The summed E-state index contributed by atoms with van der Waals surface area (Å²) in [5.41, 5.74) is 2.53. The van der Waals surface area contributed by atoms with Crippen molar-refractivity contribution in [2.24, 2.45) is 5.92 Å². The van der Waals surface area contributed by atoms with E-state index in [0.29, 0.717) is 37.8 Å². The van der Waals surface area contributed by atoms with E-state index in [1.54, 1.807) is 28.9 Å². The SMILES string of the molecule is CC[C@@H](C)C(=O)N[C@H]1CN(C(=O)Cc2ccc(F)cc2)CC[C@H]2CC[C@@H](C(=O)NC(c3ccccc3)c3ccccc3)N2C1=O. The van der Waals surface area contributed by atoms with Gasteiger partial charge in [-0.3, -0.25) is 19.2 Å². The second kappa shape index (κ2) is 14.5. The highest BCUT2D eigenvalue weighted by molar-refractivity contribution is 5.94. The van der Waals surface area contributed by atoms with Crippen molar-refractivity contribution in [3.05, 3.63) is 107 Å². The van der Waals surface area contributed by atoms with Crippen LogP contribution in [0.15, 0.2) is 84.9 Å². The monoisotopic (exact) mass is 612 g/mol. The maximum atomic E-state index is 14.3. The molecule has 0 saturated carbocycles. The molecule has 8 nitrogen and oxygen atoms in total. The van der Waals surface area contributed by atoms with Gasteiger partial charge in [0.05, 0.1) is 12.5 Å². The first-order valence-electron chi connectivity index (χ1n) is 15.8. The van der Waals surface area contributed by atoms with Crippen LogP contribution in [-0.2, 0) is 25.6 Å². The molecular weight excluding hydrogens is 571 g/mol. The summed E-state index contributed by atoms with van der Waals surface area (Å²) in [6.45, 7) is 4.06. The second-order valence-corrected chi connectivity index (χ2v) is 12.1. The van der Waals surface area contributed by atoms with Crippen molar-refractivity contribution in [1.29, 1.82) is 0 Å². The van der Waals surface area contributed by atoms with Crippen LogP contribution in [-0.4, -0.2) is 64.6 Å². The van der Waals surface area contributed by atoms with Crippen LogP contribution >= 0.6 is 0 Å². The van der Waals surface area contributed by atoms with Crippen molar-refractivity contribution in [2.45, 2.75) is 70.1 Å². The molecule has 3 aromatic carbocycles. The van der Waals surface area contributed by atoms with Gasteiger partial charge in [-0.2, -0.15) is 0 Å². The third kappa shape index (κ3) is 7.59. The minimum Gasteiger partial charge on any atom is -0.343 e. The zero-order valence-electron chi connectivity index (χ0n) is 25.8. The fourth-order valence-corrected chi connectivity index (χ4v) is 6.24. The number of carbonyl (C=O) groups excluding carboxylic acids is 4. The number of benzene rings is 3. The molecule has 45 heavy (non-hydrogen) atoms. The quantitative estimate of drug-likeness (QED) is 0.375. The lowest BCUT2D eigenvalue weighted by Crippen LogP contribution is -2.61. The summed E-state index contributed by atoms with van der Waals surface area (Å²) in [5, 5.41) is 6.11. The third-order valence-corrected chi connectivity index (χ3v) is 9.04. The van der Waals surface area contributed by atoms with Gasteiger partial charge in [0.15, 0.2) is 0 Å². The summed E-state index contributed by atoms with van der Waals surface area (Å²) in [7, 11) is 0. The molecule has 5 rings (SSSR count). The molecule has 2 fully saturated rings. The topological polar surface area (TPSA) is 98.8 Å². The van der Waals surface area contributed by atoms with Crippen LogP contribution < -0.4 is 10.6 Å². The normalized spacial score (nSPS) is 20.6. The Labute approximate surface area is 264 Å². The van der Waals surface area contributed by atoms with Crippen LogP contribution in [0.4, 0.5) is 4.39 Å². The highest BCUT2D eigenvalue weighted by Crippen LogP contribution is 2.31. The van der Waals surface area contributed by atoms with E-state index in [1.807, 2.05) is 67.6 Å². The molecular formula is C36H41FN4O4. The molecule has 2 aliphatic heterocycles. The van der Waals surface area contributed by atoms with Gasteiger partial charge in [-0.15, -0.1) is 0 Å². The van der Waals surface area contributed by atoms with Crippen LogP contribution in [0.25, 0.3) is 0 Å². The first kappa shape index (κ1) is 31.9. The lowest BCUT2D eigenvalue weighted by atomic mass is 9.98. The van der Waals surface area contributed by atoms with E-state index >= 15 is 0 Å². The van der Waals surface area contributed by atoms with E-state index in [4.69, 9.17) is 0 Å². The van der Waals surface area contributed by atoms with Gasteiger partial charge in [-0.1, -0.05) is 86.6 Å². The first-order valence-corrected chi connectivity index (χ1v) is 15.8. The van der Waals surface area contributed by atoms with Gasteiger partial charge >= 0.3 is 0 Å². The van der Waals surface area contributed by atoms with Gasteiger partial charge in [0.25, 0.3) is 0 Å². The van der Waals surface area contributed by atoms with Crippen molar-refractivity contribution in [1.82, 2.24) is 20.4 Å². The van der Waals surface area contributed by atoms with Gasteiger partial charge in [0, 0.05) is 25.0 Å². The van der Waals surface area contributed by atoms with Crippen molar-refractivity contribution in [3.8, 4) is 0 Å². The first-order chi connectivity index (χ1) is 21.7. The minimum atomic E-state index is -1.00. The maximum Gasteiger partial charge on any atom is 0.247 e. The maximum absolute atomic E-state index is 14.3. The van der Waals surface area contributed by atoms with E-state index in [-0.39, 0.29) is 54.4 Å². The Morgan fingerprint density at radius 3 is 2.11 bits per heavy atom. The summed E-state index contributed by atoms with van der Waals surface area (Å²) in [6, 6.07) is 22.9. The van der Waals surface area contributed by atoms with E-state index in [1.165, 1.54) is 12.1 Å². The molecule has 2 saturated heterocycles. The molecule has 0 aliphatic carbocycles. The average molecular weight is 613 g/mol. The molecule has 2 N–H and O–H groups in total. The molecule has 3 aromatic rings. The highest BCUT2D eigenvalue weighted by Gasteiger charge is 2.46. The molecule has 2 aliphatic rings. The average Bonchev–Trinajstić information content (AvgIpc) is 3.48. The summed E-state index contributed by atoms with van der Waals surface area (Å²) in [5.74, 6) is -1.78. The number of hydrogen-bond donors (Lipinski definition) is 2. The van der Waals surface area contributed by atoms with Crippen LogP contribution in [0.3, 0.4) is 0 Å². The molecule has 0 unspecified atom stereocenters. The Morgan fingerprint density at radius 2 is 1.51 bits per heavy atom. The zero-order valence-corrected chi connectivity index (χ0v) is 25.8. The largest absolute Gasteiger partial charge is 0.343 e. The highest BCUT2D eigenvalue weighted by atomic mass is 19.1. The Kier molecular flexibility index (Phi) is 10.3. The van der Waals surface area contributed by atoms with Crippen molar-refractivity contribution in [3.63, 3.8) is 0 Å². The predicted octanol–water partition coefficient (Wildman–Crippen LogP) is 4.40. The van der Waals surface area contributed by atoms with E-state index in [0.717, 1.165) is 11.1 Å². The Balaban J connectivity index is 1.38. The summed E-state index contributed by atoms with van der Waals surface area (Å²) < 4.78 is 13.4. The number of amides is 4. The molecule has 4 amide bonds. The van der Waals surface area contributed by atoms with Gasteiger partial charge < -0.3 is 20.4 Å². The van der Waals surface area contributed by atoms with Crippen LogP contribution in [0, 0.1) is 11.7 Å². The Hall–Kier alpha value is -4.53. The number of nitrogens with one attached hydrogen (secondary N) is 2. The fourth-order valence-electron chi connectivity index (χ4n) is 6.24. The van der Waals surface area contributed by atoms with Gasteiger partial charge in [-0.25, -0.2) is 4.39 Å². The summed E-state index contributed by atoms with van der Waals surface area (Å²) in [4.78, 5) is 58.0. The summed E-state index contributed by atoms with van der Waals surface area (Å²) in [6.07, 6.45) is 2.25. The lowest BCUT2D eigenvalue weighted by Gasteiger charge is -2.39. The predicted molar refractivity (Wildman–Crippen MR) is 169 cm³/mol. The fraction of sp³-hybridized carbons (Fsp3) is 0.389. The molecule has 0 spiro atoms. The Morgan fingerprint density at radius 1 is 0.889 bits per heavy atom. The third-order valence-electron chi connectivity index (χ3n) is 9.04.